The van der Waals surface area contributed by atoms with E-state index >= 15 is 0 Å². The monoisotopic (exact) mass is 299 g/mol. The van der Waals surface area contributed by atoms with Gasteiger partial charge in [0.25, 0.3) is 0 Å². The number of imidazole rings is 1. The Morgan fingerprint density at radius 2 is 2.10 bits per heavy atom. The van der Waals surface area contributed by atoms with Crippen LogP contribution in [0.25, 0.3) is 11.0 Å². The quantitative estimate of drug-likeness (QED) is 0.943. The fraction of sp³-hybridized carbons (Fsp3) is 0.429. The molecule has 7 heteroatoms. The van der Waals surface area contributed by atoms with Crippen molar-refractivity contribution in [3.63, 3.8) is 0 Å². The largest absolute Gasteiger partial charge is 0.389 e. The maximum absolute atomic E-state index is 12.0. The van der Waals surface area contributed by atoms with Crippen molar-refractivity contribution in [2.24, 2.45) is 7.05 Å². The van der Waals surface area contributed by atoms with Crippen molar-refractivity contribution in [3.8, 4) is 0 Å². The van der Waals surface area contributed by atoms with Crippen LogP contribution in [-0.4, -0.2) is 21.6 Å². The van der Waals surface area contributed by atoms with Crippen LogP contribution in [0.1, 0.15) is 24.2 Å². The van der Waals surface area contributed by atoms with Gasteiger partial charge in [0.2, 0.25) is 5.91 Å². The van der Waals surface area contributed by atoms with Crippen molar-refractivity contribution in [2.75, 3.05) is 0 Å². The van der Waals surface area contributed by atoms with Gasteiger partial charge in [-0.05, 0) is 24.6 Å². The molecule has 0 radical (unpaired) electrons. The normalized spacial score (nSPS) is 11.9. The summed E-state index contributed by atoms with van der Waals surface area (Å²) in [6, 6.07) is 5.53. The Morgan fingerprint density at radius 3 is 2.76 bits per heavy atom. The number of alkyl halides is 3. The zero-order chi connectivity index (χ0) is 15.6. The lowest BCUT2D eigenvalue weighted by Gasteiger charge is -2.07. The van der Waals surface area contributed by atoms with Crippen molar-refractivity contribution in [1.29, 1.82) is 0 Å². The maximum Gasteiger partial charge on any atom is 0.389 e. The summed E-state index contributed by atoms with van der Waals surface area (Å²) in [5.41, 5.74) is 2.58. The Labute approximate surface area is 120 Å². The third kappa shape index (κ3) is 3.96. The highest BCUT2D eigenvalue weighted by molar-refractivity contribution is 5.78. The van der Waals surface area contributed by atoms with E-state index in [2.05, 4.69) is 10.3 Å². The molecule has 0 saturated carbocycles. The predicted octanol–water partition coefficient (Wildman–Crippen LogP) is 2.84. The van der Waals surface area contributed by atoms with Gasteiger partial charge >= 0.3 is 6.18 Å². The average Bonchev–Trinajstić information content (AvgIpc) is 2.68. The van der Waals surface area contributed by atoms with Crippen LogP contribution in [0.15, 0.2) is 18.2 Å². The highest BCUT2D eigenvalue weighted by Crippen LogP contribution is 2.21. The number of carbonyl (C=O) groups is 1. The second-order valence-corrected chi connectivity index (χ2v) is 4.93. The number of benzene rings is 1. The Balaban J connectivity index is 1.96. The van der Waals surface area contributed by atoms with Gasteiger partial charge in [-0.25, -0.2) is 4.98 Å². The second kappa shape index (κ2) is 5.75. The van der Waals surface area contributed by atoms with Gasteiger partial charge in [-0.2, -0.15) is 13.2 Å². The number of amides is 1. The van der Waals surface area contributed by atoms with E-state index in [4.69, 9.17) is 0 Å². The van der Waals surface area contributed by atoms with Crippen LogP contribution in [0.2, 0.25) is 0 Å². The molecular weight excluding hydrogens is 283 g/mol. The minimum atomic E-state index is -4.30. The molecule has 4 nitrogen and oxygen atoms in total. The number of nitrogens with one attached hydrogen (secondary N) is 1. The van der Waals surface area contributed by atoms with Crippen molar-refractivity contribution < 1.29 is 18.0 Å². The number of nitrogens with zero attached hydrogens (tertiary/aromatic N) is 2. The van der Waals surface area contributed by atoms with Crippen molar-refractivity contribution in [3.05, 3.63) is 29.6 Å². The number of hydrogen-bond acceptors (Lipinski definition) is 2. The highest BCUT2D eigenvalue weighted by Gasteiger charge is 2.27. The molecule has 114 valence electrons. The molecule has 0 aliphatic carbocycles. The summed E-state index contributed by atoms with van der Waals surface area (Å²) >= 11 is 0. The molecule has 1 aromatic carbocycles. The molecule has 0 fully saturated rings. The summed E-state index contributed by atoms with van der Waals surface area (Å²) < 4.78 is 38.0. The zero-order valence-electron chi connectivity index (χ0n) is 11.8. The number of aryl methyl sites for hydroxylation is 2. The molecule has 1 aromatic heterocycles. The first-order valence-electron chi connectivity index (χ1n) is 6.51. The average molecular weight is 299 g/mol. The lowest BCUT2D eigenvalue weighted by atomic mass is 10.2. The number of aromatic nitrogens is 2. The molecule has 21 heavy (non-hydrogen) atoms. The van der Waals surface area contributed by atoms with Crippen LogP contribution < -0.4 is 5.32 Å². The van der Waals surface area contributed by atoms with E-state index < -0.39 is 24.9 Å². The van der Waals surface area contributed by atoms with Crippen LogP contribution in [0.5, 0.6) is 0 Å². The van der Waals surface area contributed by atoms with Crippen LogP contribution in [0.3, 0.4) is 0 Å². The summed E-state index contributed by atoms with van der Waals surface area (Å²) in [6.45, 7) is 2.08. The van der Waals surface area contributed by atoms with E-state index in [1.807, 2.05) is 36.7 Å². The fourth-order valence-electron chi connectivity index (χ4n) is 2.02. The molecule has 1 amide bonds. The summed E-state index contributed by atoms with van der Waals surface area (Å²) in [4.78, 5) is 15.7. The first-order chi connectivity index (χ1) is 9.76. The van der Waals surface area contributed by atoms with E-state index in [0.29, 0.717) is 0 Å². The molecule has 2 aromatic rings. The van der Waals surface area contributed by atoms with Crippen molar-refractivity contribution in [2.45, 2.75) is 32.5 Å². The van der Waals surface area contributed by atoms with Gasteiger partial charge in [-0.3, -0.25) is 4.79 Å². The predicted molar refractivity (Wildman–Crippen MR) is 72.6 cm³/mol. The van der Waals surface area contributed by atoms with Crippen molar-refractivity contribution in [1.82, 2.24) is 14.9 Å². The van der Waals surface area contributed by atoms with E-state index in [-0.39, 0.29) is 6.54 Å². The topological polar surface area (TPSA) is 46.9 Å². The number of fused-ring (bicyclic) bond motifs is 1. The molecule has 1 heterocycles. The zero-order valence-corrected chi connectivity index (χ0v) is 11.8. The molecule has 0 saturated heterocycles. The van der Waals surface area contributed by atoms with E-state index in [9.17, 15) is 18.0 Å². The number of halogens is 3. The highest BCUT2D eigenvalue weighted by atomic mass is 19.4. The van der Waals surface area contributed by atoms with Gasteiger partial charge in [0.05, 0.1) is 17.5 Å². The van der Waals surface area contributed by atoms with Gasteiger partial charge in [0.15, 0.2) is 0 Å². The SMILES string of the molecule is Cc1nc2cc(CNC(=O)CCC(F)(F)F)ccc2n1C. The molecule has 2 rings (SSSR count). The van der Waals surface area contributed by atoms with Crippen LogP contribution in [0.4, 0.5) is 13.2 Å². The molecule has 0 unspecified atom stereocenters. The lowest BCUT2D eigenvalue weighted by Crippen LogP contribution is -2.24. The third-order valence-corrected chi connectivity index (χ3v) is 3.29. The summed E-state index contributed by atoms with van der Waals surface area (Å²) in [6.07, 6.45) is -5.95. The van der Waals surface area contributed by atoms with Crippen LogP contribution >= 0.6 is 0 Å². The maximum atomic E-state index is 12.0. The van der Waals surface area contributed by atoms with Gasteiger partial charge in [0, 0.05) is 20.0 Å². The fourth-order valence-corrected chi connectivity index (χ4v) is 2.02. The van der Waals surface area contributed by atoms with E-state index in [1.54, 1.807) is 0 Å². The molecule has 0 spiro atoms. The minimum Gasteiger partial charge on any atom is -0.352 e. The Morgan fingerprint density at radius 1 is 1.38 bits per heavy atom. The Kier molecular flexibility index (Phi) is 4.20. The molecular formula is C14H16F3N3O. The number of hydrogen-bond donors (Lipinski definition) is 1. The van der Waals surface area contributed by atoms with Crippen LogP contribution in [-0.2, 0) is 18.4 Å². The molecule has 0 aliphatic rings. The minimum absolute atomic E-state index is 0.197. The number of rotatable bonds is 4. The Hall–Kier alpha value is -2.05. The van der Waals surface area contributed by atoms with Crippen molar-refractivity contribution >= 4 is 16.9 Å². The molecule has 1 N–H and O–H groups in total. The summed E-state index contributed by atoms with van der Waals surface area (Å²) in [5, 5.41) is 2.48. The van der Waals surface area contributed by atoms with Crippen LogP contribution in [0, 0.1) is 6.92 Å². The molecule has 0 bridgehead atoms. The second-order valence-electron chi connectivity index (χ2n) is 4.93. The smallest absolute Gasteiger partial charge is 0.352 e. The lowest BCUT2D eigenvalue weighted by molar-refractivity contribution is -0.144. The third-order valence-electron chi connectivity index (χ3n) is 3.29. The summed E-state index contributed by atoms with van der Waals surface area (Å²) in [7, 11) is 1.91. The number of carbonyl (C=O) groups excluding carboxylic acids is 1. The van der Waals surface area contributed by atoms with Gasteiger partial charge in [0.1, 0.15) is 5.82 Å². The van der Waals surface area contributed by atoms with Gasteiger partial charge in [-0.1, -0.05) is 6.07 Å². The molecule has 0 atom stereocenters. The summed E-state index contributed by atoms with van der Waals surface area (Å²) in [5.74, 6) is 0.265. The molecule has 0 aliphatic heterocycles. The standard InChI is InChI=1S/C14H16F3N3O/c1-9-19-11-7-10(3-4-12(11)20(9)2)8-18-13(21)5-6-14(15,16)17/h3-4,7H,5-6,8H2,1-2H3,(H,18,21). The first-order valence-corrected chi connectivity index (χ1v) is 6.51. The van der Waals surface area contributed by atoms with Gasteiger partial charge in [-0.15, -0.1) is 0 Å². The Bertz CT molecular complexity index is 661. The van der Waals surface area contributed by atoms with E-state index in [1.165, 1.54) is 0 Å². The van der Waals surface area contributed by atoms with E-state index in [0.717, 1.165) is 22.4 Å². The van der Waals surface area contributed by atoms with Gasteiger partial charge < -0.3 is 9.88 Å². The first kappa shape index (κ1) is 15.3.